The van der Waals surface area contributed by atoms with Crippen LogP contribution in [-0.2, 0) is 5.75 Å². The highest BCUT2D eigenvalue weighted by atomic mass is 35.5. The van der Waals surface area contributed by atoms with Gasteiger partial charge < -0.3 is 0 Å². The number of rotatable bonds is 5. The van der Waals surface area contributed by atoms with Crippen LogP contribution in [0.1, 0.15) is 18.1 Å². The molecule has 0 spiro atoms. The van der Waals surface area contributed by atoms with Crippen LogP contribution >= 0.6 is 35.0 Å². The first kappa shape index (κ1) is 13.2. The molecule has 1 atom stereocenters. The number of halogens is 2. The number of benzene rings is 1. The van der Waals surface area contributed by atoms with Crippen molar-refractivity contribution in [2.75, 3.05) is 11.6 Å². The van der Waals surface area contributed by atoms with Gasteiger partial charge >= 0.3 is 0 Å². The largest absolute Gasteiger partial charge is 0.157 e. The van der Waals surface area contributed by atoms with Crippen molar-refractivity contribution in [3.05, 3.63) is 34.3 Å². The Hall–Kier alpha value is 0.150. The predicted molar refractivity (Wildman–Crippen MR) is 72.2 cm³/mol. The summed E-state index contributed by atoms with van der Waals surface area (Å²) in [5, 5.41) is 0.845. The lowest BCUT2D eigenvalue weighted by molar-refractivity contribution is 0.759. The molecule has 15 heavy (non-hydrogen) atoms. The van der Waals surface area contributed by atoms with Crippen molar-refractivity contribution in [2.45, 2.75) is 19.6 Å². The van der Waals surface area contributed by atoms with Crippen LogP contribution in [-0.4, -0.2) is 11.6 Å². The fourth-order valence-electron chi connectivity index (χ4n) is 1.22. The molecule has 0 saturated carbocycles. The lowest BCUT2D eigenvalue weighted by Crippen LogP contribution is -1.99. The van der Waals surface area contributed by atoms with Crippen LogP contribution < -0.4 is 0 Å². The minimum Gasteiger partial charge on any atom is -0.157 e. The highest BCUT2D eigenvalue weighted by molar-refractivity contribution is 7.98. The molecule has 0 amide bonds. The fourth-order valence-corrected chi connectivity index (χ4v) is 2.63. The Morgan fingerprint density at radius 1 is 1.40 bits per heavy atom. The molecule has 0 fully saturated rings. The van der Waals surface area contributed by atoms with Gasteiger partial charge in [0.15, 0.2) is 0 Å². The van der Waals surface area contributed by atoms with Crippen LogP contribution in [0.5, 0.6) is 0 Å². The van der Waals surface area contributed by atoms with Gasteiger partial charge in [0, 0.05) is 16.7 Å². The molecule has 0 heterocycles. The quantitative estimate of drug-likeness (QED) is 0.690. The van der Waals surface area contributed by atoms with E-state index in [4.69, 9.17) is 23.2 Å². The molecule has 1 unspecified atom stereocenters. The van der Waals surface area contributed by atoms with Crippen LogP contribution in [0.3, 0.4) is 0 Å². The van der Waals surface area contributed by atoms with Gasteiger partial charge in [-0.05, 0) is 35.8 Å². The minimum absolute atomic E-state index is 0.588. The SMILES string of the molecule is Cc1cc(CSCC(C)CCl)ccc1Cl. The smallest absolute Gasteiger partial charge is 0.0435 e. The van der Waals surface area contributed by atoms with Gasteiger partial charge in [-0.25, -0.2) is 0 Å². The molecular weight excluding hydrogens is 247 g/mol. The zero-order chi connectivity index (χ0) is 11.3. The maximum Gasteiger partial charge on any atom is 0.0435 e. The summed E-state index contributed by atoms with van der Waals surface area (Å²) in [5.41, 5.74) is 2.49. The first-order valence-electron chi connectivity index (χ1n) is 5.02. The van der Waals surface area contributed by atoms with Crippen LogP contribution in [0.25, 0.3) is 0 Å². The molecule has 0 aliphatic carbocycles. The third-order valence-corrected chi connectivity index (χ3v) is 4.45. The van der Waals surface area contributed by atoms with Crippen LogP contribution in [0.2, 0.25) is 5.02 Å². The zero-order valence-electron chi connectivity index (χ0n) is 9.09. The molecule has 1 rings (SSSR count). The Balaban J connectivity index is 2.41. The molecule has 84 valence electrons. The maximum atomic E-state index is 5.96. The van der Waals surface area contributed by atoms with Crippen molar-refractivity contribution in [3.63, 3.8) is 0 Å². The van der Waals surface area contributed by atoms with E-state index in [-0.39, 0.29) is 0 Å². The molecule has 1 aromatic rings. The number of alkyl halides is 1. The normalized spacial score (nSPS) is 12.8. The van der Waals surface area contributed by atoms with E-state index in [0.717, 1.165) is 28.0 Å². The van der Waals surface area contributed by atoms with Crippen molar-refractivity contribution < 1.29 is 0 Å². The Morgan fingerprint density at radius 3 is 2.73 bits per heavy atom. The van der Waals surface area contributed by atoms with Crippen molar-refractivity contribution in [3.8, 4) is 0 Å². The summed E-state index contributed by atoms with van der Waals surface area (Å²) < 4.78 is 0. The lowest BCUT2D eigenvalue weighted by Gasteiger charge is -2.07. The average Bonchev–Trinajstić information content (AvgIpc) is 2.23. The maximum absolute atomic E-state index is 5.96. The summed E-state index contributed by atoms with van der Waals surface area (Å²) >= 11 is 13.6. The second-order valence-electron chi connectivity index (χ2n) is 3.86. The van der Waals surface area contributed by atoms with Crippen LogP contribution in [0.15, 0.2) is 18.2 Å². The van der Waals surface area contributed by atoms with E-state index in [0.29, 0.717) is 5.92 Å². The molecule has 0 nitrogen and oxygen atoms in total. The average molecular weight is 263 g/mol. The molecule has 0 aliphatic heterocycles. The molecule has 1 aromatic carbocycles. The Bertz CT molecular complexity index is 312. The van der Waals surface area contributed by atoms with Crippen LogP contribution in [0, 0.1) is 12.8 Å². The van der Waals surface area contributed by atoms with E-state index in [9.17, 15) is 0 Å². The third kappa shape index (κ3) is 4.67. The topological polar surface area (TPSA) is 0 Å². The molecular formula is C12H16Cl2S. The van der Waals surface area contributed by atoms with Crippen molar-refractivity contribution in [2.24, 2.45) is 5.92 Å². The number of hydrogen-bond acceptors (Lipinski definition) is 1. The lowest BCUT2D eigenvalue weighted by atomic mass is 10.2. The van der Waals surface area contributed by atoms with E-state index >= 15 is 0 Å². The van der Waals surface area contributed by atoms with Gasteiger partial charge in [0.05, 0.1) is 0 Å². The Labute approximate surface area is 106 Å². The summed E-state index contributed by atoms with van der Waals surface area (Å²) in [6.45, 7) is 4.21. The van der Waals surface area contributed by atoms with Gasteiger partial charge in [-0.2, -0.15) is 11.8 Å². The highest BCUT2D eigenvalue weighted by Gasteiger charge is 2.01. The van der Waals surface area contributed by atoms with Gasteiger partial charge in [-0.3, -0.25) is 0 Å². The molecule has 0 aromatic heterocycles. The van der Waals surface area contributed by atoms with E-state index in [1.54, 1.807) is 0 Å². The second-order valence-corrected chi connectivity index (χ2v) is 5.60. The Kier molecular flexibility index (Phi) is 5.88. The van der Waals surface area contributed by atoms with E-state index in [1.165, 1.54) is 5.56 Å². The monoisotopic (exact) mass is 262 g/mol. The van der Waals surface area contributed by atoms with Crippen LogP contribution in [0.4, 0.5) is 0 Å². The standard InChI is InChI=1S/C12H16Cl2S/c1-9(6-13)7-15-8-11-3-4-12(14)10(2)5-11/h3-5,9H,6-8H2,1-2H3. The van der Waals surface area contributed by atoms with Gasteiger partial charge in [0.1, 0.15) is 0 Å². The molecule has 0 aliphatic rings. The van der Waals surface area contributed by atoms with Crippen molar-refractivity contribution in [1.82, 2.24) is 0 Å². The molecule has 0 radical (unpaired) electrons. The van der Waals surface area contributed by atoms with Crippen molar-refractivity contribution in [1.29, 1.82) is 0 Å². The van der Waals surface area contributed by atoms with Gasteiger partial charge in [0.2, 0.25) is 0 Å². The summed E-state index contributed by atoms with van der Waals surface area (Å²) in [6.07, 6.45) is 0. The van der Waals surface area contributed by atoms with Crippen molar-refractivity contribution >= 4 is 35.0 Å². The predicted octanol–water partition coefficient (Wildman–Crippen LogP) is 4.76. The fraction of sp³-hybridized carbons (Fsp3) is 0.500. The minimum atomic E-state index is 0.588. The molecule has 3 heteroatoms. The Morgan fingerprint density at radius 2 is 2.13 bits per heavy atom. The summed E-state index contributed by atoms with van der Waals surface area (Å²) in [7, 11) is 0. The van der Waals surface area contributed by atoms with E-state index in [1.807, 2.05) is 24.8 Å². The molecule has 0 bridgehead atoms. The zero-order valence-corrected chi connectivity index (χ0v) is 11.4. The number of thioether (sulfide) groups is 1. The van der Waals surface area contributed by atoms with Gasteiger partial charge in [-0.1, -0.05) is 30.7 Å². The second kappa shape index (κ2) is 6.67. The molecule has 0 saturated heterocycles. The van der Waals surface area contributed by atoms with E-state index < -0.39 is 0 Å². The van der Waals surface area contributed by atoms with Gasteiger partial charge in [-0.15, -0.1) is 11.6 Å². The summed E-state index contributed by atoms with van der Waals surface area (Å²) in [5.74, 6) is 3.49. The number of hydrogen-bond donors (Lipinski definition) is 0. The number of aryl methyl sites for hydroxylation is 1. The highest BCUT2D eigenvalue weighted by Crippen LogP contribution is 2.21. The third-order valence-electron chi connectivity index (χ3n) is 2.16. The summed E-state index contributed by atoms with van der Waals surface area (Å²) in [6, 6.07) is 6.21. The van der Waals surface area contributed by atoms with Gasteiger partial charge in [0.25, 0.3) is 0 Å². The first-order valence-corrected chi connectivity index (χ1v) is 7.09. The first-order chi connectivity index (χ1) is 7.13. The molecule has 0 N–H and O–H groups in total. The summed E-state index contributed by atoms with van der Waals surface area (Å²) in [4.78, 5) is 0. The van der Waals surface area contributed by atoms with E-state index in [2.05, 4.69) is 19.1 Å².